The molecule has 0 atom stereocenters. The SMILES string of the molecule is CN(CC(=O)OC(C)(C)C)Cc1cccc(/C(N)=N/O)c1. The summed E-state index contributed by atoms with van der Waals surface area (Å²) in [6, 6.07) is 7.32. The standard InChI is InChI=1S/C15H23N3O3/c1-15(2,3)21-13(19)10-18(4)9-11-6-5-7-12(8-11)14(16)17-20/h5-8,20H,9-10H2,1-4H3,(H2,16,17). The lowest BCUT2D eigenvalue weighted by Crippen LogP contribution is -2.32. The Morgan fingerprint density at radius 1 is 1.43 bits per heavy atom. The molecule has 0 fully saturated rings. The highest BCUT2D eigenvalue weighted by Gasteiger charge is 2.17. The molecule has 0 spiro atoms. The van der Waals surface area contributed by atoms with Crippen LogP contribution in [0.5, 0.6) is 0 Å². The number of rotatable bonds is 5. The van der Waals surface area contributed by atoms with E-state index in [9.17, 15) is 4.79 Å². The molecule has 0 bridgehead atoms. The number of nitrogens with two attached hydrogens (primary N) is 1. The van der Waals surface area contributed by atoms with Gasteiger partial charge in [-0.05, 0) is 39.4 Å². The number of carbonyl (C=O) groups is 1. The highest BCUT2D eigenvalue weighted by Crippen LogP contribution is 2.10. The molecule has 0 aliphatic rings. The third kappa shape index (κ3) is 6.27. The molecule has 0 saturated carbocycles. The monoisotopic (exact) mass is 293 g/mol. The number of hydrogen-bond donors (Lipinski definition) is 2. The van der Waals surface area contributed by atoms with Crippen LogP contribution in [0, 0.1) is 0 Å². The zero-order valence-corrected chi connectivity index (χ0v) is 13.0. The zero-order valence-electron chi connectivity index (χ0n) is 13.0. The molecule has 0 radical (unpaired) electrons. The van der Waals surface area contributed by atoms with Crippen LogP contribution < -0.4 is 5.73 Å². The molecule has 1 aromatic rings. The van der Waals surface area contributed by atoms with Crippen molar-refractivity contribution in [2.45, 2.75) is 32.9 Å². The van der Waals surface area contributed by atoms with Crippen molar-refractivity contribution in [2.75, 3.05) is 13.6 Å². The van der Waals surface area contributed by atoms with Gasteiger partial charge in [0.15, 0.2) is 5.84 Å². The normalized spacial score (nSPS) is 12.5. The number of ether oxygens (including phenoxy) is 1. The van der Waals surface area contributed by atoms with Crippen LogP contribution in [-0.2, 0) is 16.1 Å². The van der Waals surface area contributed by atoms with Gasteiger partial charge in [-0.15, -0.1) is 0 Å². The van der Waals surface area contributed by atoms with Gasteiger partial charge in [0.1, 0.15) is 5.60 Å². The maximum absolute atomic E-state index is 11.7. The molecule has 0 aliphatic carbocycles. The van der Waals surface area contributed by atoms with Crippen LogP contribution in [0.3, 0.4) is 0 Å². The number of amidine groups is 1. The Hall–Kier alpha value is -2.08. The lowest BCUT2D eigenvalue weighted by molar-refractivity contribution is -0.155. The average molecular weight is 293 g/mol. The van der Waals surface area contributed by atoms with Crippen molar-refractivity contribution >= 4 is 11.8 Å². The van der Waals surface area contributed by atoms with E-state index in [2.05, 4.69) is 5.16 Å². The molecule has 3 N–H and O–H groups in total. The molecule has 1 aromatic carbocycles. The molecule has 0 unspecified atom stereocenters. The van der Waals surface area contributed by atoms with Crippen molar-refractivity contribution in [1.82, 2.24) is 4.90 Å². The van der Waals surface area contributed by atoms with E-state index in [0.29, 0.717) is 12.1 Å². The van der Waals surface area contributed by atoms with Gasteiger partial charge in [-0.1, -0.05) is 23.4 Å². The molecule has 0 aromatic heterocycles. The molecule has 0 amide bonds. The Balaban J connectivity index is 2.63. The van der Waals surface area contributed by atoms with E-state index in [1.165, 1.54) is 0 Å². The number of oxime groups is 1. The van der Waals surface area contributed by atoms with Crippen molar-refractivity contribution < 1.29 is 14.7 Å². The number of esters is 1. The van der Waals surface area contributed by atoms with Crippen molar-refractivity contribution in [2.24, 2.45) is 10.9 Å². The summed E-state index contributed by atoms with van der Waals surface area (Å²) in [7, 11) is 1.83. The molecule has 21 heavy (non-hydrogen) atoms. The van der Waals surface area contributed by atoms with Crippen molar-refractivity contribution in [1.29, 1.82) is 0 Å². The van der Waals surface area contributed by atoms with Gasteiger partial charge in [0.25, 0.3) is 0 Å². The number of likely N-dealkylation sites (N-methyl/N-ethyl adjacent to an activating group) is 1. The Morgan fingerprint density at radius 2 is 2.10 bits per heavy atom. The maximum atomic E-state index is 11.7. The minimum absolute atomic E-state index is 0.0617. The summed E-state index contributed by atoms with van der Waals surface area (Å²) in [5.74, 6) is -0.204. The van der Waals surface area contributed by atoms with E-state index in [1.807, 2.05) is 50.9 Å². The molecular formula is C15H23N3O3. The number of hydrogen-bond acceptors (Lipinski definition) is 5. The molecule has 0 heterocycles. The van der Waals surface area contributed by atoms with E-state index >= 15 is 0 Å². The molecule has 116 valence electrons. The molecule has 0 aliphatic heterocycles. The Kier molecular flexibility index (Phi) is 5.72. The Morgan fingerprint density at radius 3 is 2.67 bits per heavy atom. The third-order valence-corrected chi connectivity index (χ3v) is 2.60. The summed E-state index contributed by atoms with van der Waals surface area (Å²) in [5, 5.41) is 11.7. The second kappa shape index (κ2) is 7.08. The van der Waals surface area contributed by atoms with Gasteiger partial charge in [-0.25, -0.2) is 0 Å². The third-order valence-electron chi connectivity index (χ3n) is 2.60. The first-order valence-electron chi connectivity index (χ1n) is 6.68. The van der Waals surface area contributed by atoms with Gasteiger partial charge in [-0.3, -0.25) is 9.69 Å². The van der Waals surface area contributed by atoms with Crippen molar-refractivity contribution in [3.8, 4) is 0 Å². The number of carbonyl (C=O) groups excluding carboxylic acids is 1. The highest BCUT2D eigenvalue weighted by molar-refractivity contribution is 5.97. The van der Waals surface area contributed by atoms with Gasteiger partial charge >= 0.3 is 5.97 Å². The second-order valence-electron chi connectivity index (χ2n) is 5.94. The molecule has 1 rings (SSSR count). The first kappa shape index (κ1) is 17.0. The van der Waals surface area contributed by atoms with Crippen LogP contribution in [0.4, 0.5) is 0 Å². The lowest BCUT2D eigenvalue weighted by Gasteiger charge is -2.22. The van der Waals surface area contributed by atoms with E-state index < -0.39 is 5.60 Å². The van der Waals surface area contributed by atoms with Gasteiger partial charge < -0.3 is 15.7 Å². The van der Waals surface area contributed by atoms with Crippen LogP contribution in [0.15, 0.2) is 29.4 Å². The fourth-order valence-electron chi connectivity index (χ4n) is 1.85. The molecule has 0 saturated heterocycles. The van der Waals surface area contributed by atoms with E-state index in [1.54, 1.807) is 6.07 Å². The summed E-state index contributed by atoms with van der Waals surface area (Å²) >= 11 is 0. The van der Waals surface area contributed by atoms with Gasteiger partial charge in [0.05, 0.1) is 6.54 Å². The smallest absolute Gasteiger partial charge is 0.320 e. The molecular weight excluding hydrogens is 270 g/mol. The van der Waals surface area contributed by atoms with Crippen LogP contribution in [-0.4, -0.2) is 41.1 Å². The van der Waals surface area contributed by atoms with Crippen LogP contribution >= 0.6 is 0 Å². The van der Waals surface area contributed by atoms with E-state index in [-0.39, 0.29) is 18.3 Å². The van der Waals surface area contributed by atoms with Crippen molar-refractivity contribution in [3.63, 3.8) is 0 Å². The van der Waals surface area contributed by atoms with Crippen LogP contribution in [0.1, 0.15) is 31.9 Å². The fourth-order valence-corrected chi connectivity index (χ4v) is 1.85. The van der Waals surface area contributed by atoms with E-state index in [0.717, 1.165) is 5.56 Å². The zero-order chi connectivity index (χ0) is 16.0. The highest BCUT2D eigenvalue weighted by atomic mass is 16.6. The first-order chi connectivity index (χ1) is 9.71. The summed E-state index contributed by atoms with van der Waals surface area (Å²) in [6.07, 6.45) is 0. The second-order valence-corrected chi connectivity index (χ2v) is 5.94. The summed E-state index contributed by atoms with van der Waals surface area (Å²) in [5.41, 5.74) is 6.68. The van der Waals surface area contributed by atoms with Gasteiger partial charge in [0.2, 0.25) is 0 Å². The minimum Gasteiger partial charge on any atom is -0.459 e. The number of nitrogens with zero attached hydrogens (tertiary/aromatic N) is 2. The lowest BCUT2D eigenvalue weighted by atomic mass is 10.1. The van der Waals surface area contributed by atoms with Gasteiger partial charge in [0, 0.05) is 12.1 Å². The van der Waals surface area contributed by atoms with Crippen molar-refractivity contribution in [3.05, 3.63) is 35.4 Å². The first-order valence-corrected chi connectivity index (χ1v) is 6.68. The minimum atomic E-state index is -0.482. The molecule has 6 nitrogen and oxygen atoms in total. The molecule has 6 heteroatoms. The van der Waals surface area contributed by atoms with E-state index in [4.69, 9.17) is 15.7 Å². The summed E-state index contributed by atoms with van der Waals surface area (Å²) in [6.45, 7) is 6.28. The quantitative estimate of drug-likeness (QED) is 0.283. The van der Waals surface area contributed by atoms with Crippen LogP contribution in [0.25, 0.3) is 0 Å². The fraction of sp³-hybridized carbons (Fsp3) is 0.467. The largest absolute Gasteiger partial charge is 0.459 e. The van der Waals surface area contributed by atoms with Crippen LogP contribution in [0.2, 0.25) is 0 Å². The average Bonchev–Trinajstić information content (AvgIpc) is 2.35. The Bertz CT molecular complexity index is 521. The predicted octanol–water partition coefficient (Wildman–Crippen LogP) is 1.55. The topological polar surface area (TPSA) is 88.2 Å². The maximum Gasteiger partial charge on any atom is 0.320 e. The predicted molar refractivity (Wildman–Crippen MR) is 81.1 cm³/mol. The Labute approximate surface area is 125 Å². The summed E-state index contributed by atoms with van der Waals surface area (Å²) in [4.78, 5) is 13.6. The number of benzene rings is 1. The van der Waals surface area contributed by atoms with Gasteiger partial charge in [-0.2, -0.15) is 0 Å². The summed E-state index contributed by atoms with van der Waals surface area (Å²) < 4.78 is 5.27.